The van der Waals surface area contributed by atoms with Crippen molar-refractivity contribution >= 4 is 38.1 Å². The first kappa shape index (κ1) is 21.6. The van der Waals surface area contributed by atoms with Crippen molar-refractivity contribution in [2.75, 3.05) is 0 Å². The summed E-state index contributed by atoms with van der Waals surface area (Å²) in [5.74, 6) is 0. The zero-order valence-corrected chi connectivity index (χ0v) is 23.1. The predicted octanol–water partition coefficient (Wildman–Crippen LogP) is 8.55. The normalized spacial score (nSPS) is 12.5. The van der Waals surface area contributed by atoms with Crippen LogP contribution in [0.3, 0.4) is 0 Å². The van der Waals surface area contributed by atoms with E-state index in [9.17, 15) is 0 Å². The van der Waals surface area contributed by atoms with Gasteiger partial charge >= 0.3 is 0 Å². The standard InChI is InChI=1S/C24H15N2.C11H8N.Ir/c1-15-9-11-21(25-14-15)16-10-12-23-20(13-16)19-7-4-6-18-17-5-2-3-8-22(17)26(23)24(18)19;1-2-6-10(7-3-1)11-8-4-5-9-12-11;/h2-9,11-14H,1H3;1-6,8-9H;/q2*-1;/i1D3;;. The van der Waals surface area contributed by atoms with E-state index in [4.69, 9.17) is 4.11 Å². The van der Waals surface area contributed by atoms with Gasteiger partial charge in [-0.3, -0.25) is 0 Å². The molecular formula is C35H23IrN3-2. The topological polar surface area (TPSA) is 30.2 Å². The first-order valence-electron chi connectivity index (χ1n) is 13.9. The maximum absolute atomic E-state index is 7.52. The molecule has 39 heavy (non-hydrogen) atoms. The number of para-hydroxylation sites is 2. The Morgan fingerprint density at radius 3 is 2.23 bits per heavy atom. The Bertz CT molecular complexity index is 2080. The number of rotatable bonds is 2. The zero-order valence-electron chi connectivity index (χ0n) is 23.7. The van der Waals surface area contributed by atoms with Gasteiger partial charge < -0.3 is 14.4 Å². The largest absolute Gasteiger partial charge is 0.350 e. The van der Waals surface area contributed by atoms with E-state index in [0.717, 1.165) is 33.4 Å². The molecule has 4 aromatic heterocycles. The van der Waals surface area contributed by atoms with Gasteiger partial charge in [-0.25, -0.2) is 0 Å². The van der Waals surface area contributed by atoms with E-state index in [1.807, 2.05) is 48.5 Å². The minimum atomic E-state index is -2.15. The summed E-state index contributed by atoms with van der Waals surface area (Å²) in [6.45, 7) is -2.15. The fraction of sp³-hybridized carbons (Fsp3) is 0.0286. The number of benzene rings is 4. The van der Waals surface area contributed by atoms with E-state index in [2.05, 4.69) is 75.0 Å². The molecule has 0 spiro atoms. The number of hydrogen-bond donors (Lipinski definition) is 0. The van der Waals surface area contributed by atoms with Crippen molar-refractivity contribution in [2.24, 2.45) is 0 Å². The molecule has 0 unspecified atom stereocenters. The number of pyridine rings is 2. The molecule has 0 saturated heterocycles. The molecule has 0 N–H and O–H groups in total. The molecule has 4 heteroatoms. The Morgan fingerprint density at radius 1 is 0.667 bits per heavy atom. The third kappa shape index (κ3) is 4.38. The van der Waals surface area contributed by atoms with Crippen molar-refractivity contribution in [3.8, 4) is 22.5 Å². The first-order valence-corrected chi connectivity index (χ1v) is 12.4. The second-order valence-corrected chi connectivity index (χ2v) is 9.12. The fourth-order valence-electron chi connectivity index (χ4n) is 5.15. The van der Waals surface area contributed by atoms with Crippen LogP contribution < -0.4 is 0 Å². The Labute approximate surface area is 244 Å². The van der Waals surface area contributed by atoms with Crippen LogP contribution in [0.1, 0.15) is 9.68 Å². The molecule has 0 saturated carbocycles. The van der Waals surface area contributed by atoms with Crippen molar-refractivity contribution in [1.29, 1.82) is 0 Å². The van der Waals surface area contributed by atoms with Crippen molar-refractivity contribution in [3.63, 3.8) is 0 Å². The maximum Gasteiger partial charge on any atom is 0.0516 e. The van der Waals surface area contributed by atoms with Crippen LogP contribution in [0.5, 0.6) is 0 Å². The average Bonchev–Trinajstić information content (AvgIpc) is 3.54. The predicted molar refractivity (Wildman–Crippen MR) is 156 cm³/mol. The van der Waals surface area contributed by atoms with E-state index < -0.39 is 6.85 Å². The van der Waals surface area contributed by atoms with Crippen LogP contribution in [-0.2, 0) is 20.1 Å². The van der Waals surface area contributed by atoms with Gasteiger partial charge in [-0.05, 0) is 46.8 Å². The SMILES string of the molecule is [2H]C([2H])([2H])c1ccc(-c2[c-]cc3c(c2)c2cccc4c5ccccc5n3c24)nc1.[Ir].[c-]1ccccc1-c1ccccn1. The number of hydrogen-bond acceptors (Lipinski definition) is 2. The summed E-state index contributed by atoms with van der Waals surface area (Å²) in [7, 11) is 0. The van der Waals surface area contributed by atoms with Crippen LogP contribution in [0.4, 0.5) is 0 Å². The average molecular weight is 681 g/mol. The minimum Gasteiger partial charge on any atom is -0.350 e. The Balaban J connectivity index is 0.000000205. The molecular weight excluding hydrogens is 655 g/mol. The van der Waals surface area contributed by atoms with E-state index >= 15 is 0 Å². The monoisotopic (exact) mass is 681 g/mol. The molecule has 0 amide bonds. The van der Waals surface area contributed by atoms with Crippen LogP contribution in [-0.4, -0.2) is 14.4 Å². The second-order valence-electron chi connectivity index (χ2n) is 9.12. The molecule has 0 aliphatic carbocycles. The van der Waals surface area contributed by atoms with E-state index in [1.54, 1.807) is 18.3 Å². The summed E-state index contributed by atoms with van der Waals surface area (Å²) in [6.07, 6.45) is 3.22. The van der Waals surface area contributed by atoms with Crippen molar-refractivity contribution in [1.82, 2.24) is 14.4 Å². The molecule has 8 rings (SSSR count). The first-order chi connectivity index (χ1) is 20.0. The molecule has 0 atom stereocenters. The Hall–Kier alpha value is -4.37. The summed E-state index contributed by atoms with van der Waals surface area (Å²) < 4.78 is 24.9. The molecule has 4 heterocycles. The van der Waals surface area contributed by atoms with Gasteiger partial charge in [0.25, 0.3) is 0 Å². The maximum atomic E-state index is 7.52. The zero-order chi connectivity index (χ0) is 28.0. The minimum absolute atomic E-state index is 0. The van der Waals surface area contributed by atoms with Gasteiger partial charge in [0.05, 0.1) is 5.52 Å². The van der Waals surface area contributed by atoms with E-state index in [1.165, 1.54) is 33.4 Å². The smallest absolute Gasteiger partial charge is 0.0516 e. The fourth-order valence-corrected chi connectivity index (χ4v) is 5.15. The molecule has 189 valence electrons. The van der Waals surface area contributed by atoms with Gasteiger partial charge in [0, 0.05) is 52.9 Å². The summed E-state index contributed by atoms with van der Waals surface area (Å²) in [6, 6.07) is 42.5. The van der Waals surface area contributed by atoms with Crippen LogP contribution in [0, 0.1) is 19.0 Å². The van der Waals surface area contributed by atoms with E-state index in [-0.39, 0.29) is 25.7 Å². The van der Waals surface area contributed by atoms with Crippen LogP contribution in [0.15, 0.2) is 122 Å². The number of aryl methyl sites for hydroxylation is 1. The van der Waals surface area contributed by atoms with Gasteiger partial charge in [0.15, 0.2) is 0 Å². The molecule has 3 nitrogen and oxygen atoms in total. The van der Waals surface area contributed by atoms with Gasteiger partial charge in [0.2, 0.25) is 0 Å². The van der Waals surface area contributed by atoms with Crippen LogP contribution >= 0.6 is 0 Å². The number of nitrogens with zero attached hydrogens (tertiary/aromatic N) is 3. The second kappa shape index (κ2) is 10.4. The van der Waals surface area contributed by atoms with Gasteiger partial charge in [0.1, 0.15) is 0 Å². The summed E-state index contributed by atoms with van der Waals surface area (Å²) in [5.41, 5.74) is 7.35. The van der Waals surface area contributed by atoms with Crippen molar-refractivity contribution in [3.05, 3.63) is 139 Å². The quantitative estimate of drug-likeness (QED) is 0.171. The molecule has 0 fully saturated rings. The van der Waals surface area contributed by atoms with Crippen molar-refractivity contribution in [2.45, 2.75) is 6.85 Å². The molecule has 0 aliphatic heterocycles. The van der Waals surface area contributed by atoms with E-state index in [0.29, 0.717) is 0 Å². The summed E-state index contributed by atoms with van der Waals surface area (Å²) >= 11 is 0. The van der Waals surface area contributed by atoms with Crippen LogP contribution in [0.25, 0.3) is 60.6 Å². The Kier molecular flexibility index (Phi) is 5.76. The van der Waals surface area contributed by atoms with Gasteiger partial charge in [-0.1, -0.05) is 66.0 Å². The summed E-state index contributed by atoms with van der Waals surface area (Å²) in [4.78, 5) is 8.60. The summed E-state index contributed by atoms with van der Waals surface area (Å²) in [5, 5.41) is 4.84. The molecule has 4 aromatic carbocycles. The Morgan fingerprint density at radius 2 is 1.46 bits per heavy atom. The number of aromatic nitrogens is 3. The van der Waals surface area contributed by atoms with Crippen LogP contribution in [0.2, 0.25) is 0 Å². The third-order valence-corrected chi connectivity index (χ3v) is 6.84. The van der Waals surface area contributed by atoms with Gasteiger partial charge in [-0.2, -0.15) is 0 Å². The van der Waals surface area contributed by atoms with Crippen molar-refractivity contribution < 1.29 is 24.2 Å². The molecule has 1 radical (unpaired) electrons. The molecule has 8 aromatic rings. The van der Waals surface area contributed by atoms with Gasteiger partial charge in [-0.15, -0.1) is 59.7 Å². The third-order valence-electron chi connectivity index (χ3n) is 6.84. The molecule has 0 bridgehead atoms. The number of fused-ring (bicyclic) bond motifs is 6. The molecule has 0 aliphatic rings.